The predicted octanol–water partition coefficient (Wildman–Crippen LogP) is 1.19. The second-order valence-corrected chi connectivity index (χ2v) is 1.69. The van der Waals surface area contributed by atoms with Gasteiger partial charge in [-0.15, -0.1) is 0 Å². The molecule has 52 valence electrons. The highest BCUT2D eigenvalue weighted by molar-refractivity contribution is 5.03. The normalized spacial score (nSPS) is 8.90. The first-order valence-electron chi connectivity index (χ1n) is 2.63. The summed E-state index contributed by atoms with van der Waals surface area (Å²) in [6.07, 6.45) is 0. The maximum Gasteiger partial charge on any atom is 0.113 e. The van der Waals surface area contributed by atoms with E-state index in [1.165, 1.54) is 0 Å². The summed E-state index contributed by atoms with van der Waals surface area (Å²) in [5, 5.41) is 10.3. The molecule has 0 aliphatic rings. The molecule has 6 nitrogen and oxygen atoms in total. The molecule has 0 N–H and O–H groups in total. The molecule has 0 bridgehead atoms. The molecule has 1 rings (SSSR count). The van der Waals surface area contributed by atoms with E-state index in [0.29, 0.717) is 11.4 Å². The average Bonchev–Trinajstić information content (AvgIpc) is 2.31. The van der Waals surface area contributed by atoms with Crippen molar-refractivity contribution in [2.75, 3.05) is 0 Å². The van der Waals surface area contributed by atoms with Crippen molar-refractivity contribution in [3.63, 3.8) is 0 Å². The molecule has 10 heavy (non-hydrogen) atoms. The highest BCUT2D eigenvalue weighted by atomic mass is 16.6. The number of aromatic nitrogens is 2. The van der Waals surface area contributed by atoms with Gasteiger partial charge in [-0.1, -0.05) is 15.4 Å². The van der Waals surface area contributed by atoms with Crippen molar-refractivity contribution in [1.82, 2.24) is 10.3 Å². The molecule has 0 spiro atoms. The summed E-state index contributed by atoms with van der Waals surface area (Å²) in [4.78, 5) is 2.57. The fourth-order valence-electron chi connectivity index (χ4n) is 0.492. The summed E-state index contributed by atoms with van der Waals surface area (Å²) in [6, 6.07) is 0. The lowest BCUT2D eigenvalue weighted by Gasteiger charge is -1.81. The minimum Gasteiger partial charge on any atom is -0.244 e. The second-order valence-electron chi connectivity index (χ2n) is 1.69. The Bertz CT molecular complexity index is 260. The lowest BCUT2D eigenvalue weighted by Crippen LogP contribution is -1.82. The molecule has 0 saturated heterocycles. The zero-order chi connectivity index (χ0) is 7.40. The van der Waals surface area contributed by atoms with Crippen LogP contribution in [0.1, 0.15) is 11.4 Å². The van der Waals surface area contributed by atoms with Gasteiger partial charge in [0.25, 0.3) is 0 Å². The lowest BCUT2D eigenvalue weighted by molar-refractivity contribution is 0.301. The van der Waals surface area contributed by atoms with Gasteiger partial charge in [-0.2, -0.15) is 0 Å². The van der Waals surface area contributed by atoms with Gasteiger partial charge in [0.1, 0.15) is 11.4 Å². The van der Waals surface area contributed by atoms with Crippen molar-refractivity contribution in [2.24, 2.45) is 5.11 Å². The fraction of sp³-hybridized carbons (Fsp3) is 0.500. The van der Waals surface area contributed by atoms with E-state index in [2.05, 4.69) is 25.0 Å². The van der Waals surface area contributed by atoms with Gasteiger partial charge in [-0.3, -0.25) is 0 Å². The van der Waals surface area contributed by atoms with Gasteiger partial charge in [0.15, 0.2) is 0 Å². The van der Waals surface area contributed by atoms with Gasteiger partial charge in [0.05, 0.1) is 6.54 Å². The predicted molar refractivity (Wildman–Crippen MR) is 31.9 cm³/mol. The van der Waals surface area contributed by atoms with Gasteiger partial charge in [0, 0.05) is 4.91 Å². The molecule has 6 heteroatoms. The molecule has 0 aliphatic carbocycles. The molecule has 0 atom stereocenters. The van der Waals surface area contributed by atoms with Crippen LogP contribution in [-0.4, -0.2) is 10.3 Å². The summed E-state index contributed by atoms with van der Waals surface area (Å²) in [7, 11) is 0. The van der Waals surface area contributed by atoms with Crippen LogP contribution in [0.5, 0.6) is 0 Å². The molecule has 0 radical (unpaired) electrons. The zero-order valence-electron chi connectivity index (χ0n) is 5.35. The Kier molecular flexibility index (Phi) is 1.86. The van der Waals surface area contributed by atoms with Crippen LogP contribution in [-0.2, 0) is 6.54 Å². The van der Waals surface area contributed by atoms with Crippen LogP contribution in [0.3, 0.4) is 0 Å². The van der Waals surface area contributed by atoms with Crippen molar-refractivity contribution < 1.29 is 4.63 Å². The molecule has 1 aromatic heterocycles. The summed E-state index contributed by atoms with van der Waals surface area (Å²) in [5.41, 5.74) is 9.18. The number of hydrogen-bond donors (Lipinski definition) is 0. The first kappa shape index (κ1) is 6.57. The summed E-state index contributed by atoms with van der Waals surface area (Å²) >= 11 is 0. The van der Waals surface area contributed by atoms with E-state index < -0.39 is 0 Å². The largest absolute Gasteiger partial charge is 0.244 e. The summed E-state index contributed by atoms with van der Waals surface area (Å²) in [5.74, 6) is 0. The Morgan fingerprint density at radius 2 is 2.50 bits per heavy atom. The van der Waals surface area contributed by atoms with Crippen molar-refractivity contribution >= 4 is 0 Å². The number of aryl methyl sites for hydroxylation is 1. The standard InChI is InChI=1S/C4H5N5O/c1-3-4(2-6-9-5)8-10-7-3/h2H2,1H3. The molecule has 0 saturated carbocycles. The van der Waals surface area contributed by atoms with Crippen LogP contribution in [0.4, 0.5) is 0 Å². The third kappa shape index (κ3) is 1.24. The number of hydrogen-bond acceptors (Lipinski definition) is 4. The molecular weight excluding hydrogens is 134 g/mol. The van der Waals surface area contributed by atoms with E-state index in [9.17, 15) is 0 Å². The molecule has 0 unspecified atom stereocenters. The molecule has 0 amide bonds. The third-order valence-electron chi connectivity index (χ3n) is 1.03. The maximum atomic E-state index is 7.94. The summed E-state index contributed by atoms with van der Waals surface area (Å²) in [6.45, 7) is 1.94. The van der Waals surface area contributed by atoms with Crippen molar-refractivity contribution in [3.05, 3.63) is 21.8 Å². The number of rotatable bonds is 2. The van der Waals surface area contributed by atoms with Crippen LogP contribution >= 0.6 is 0 Å². The topological polar surface area (TPSA) is 87.7 Å². The van der Waals surface area contributed by atoms with Gasteiger partial charge in [0.2, 0.25) is 0 Å². The third-order valence-corrected chi connectivity index (χ3v) is 1.03. The fourth-order valence-corrected chi connectivity index (χ4v) is 0.492. The second kappa shape index (κ2) is 2.84. The minimum absolute atomic E-state index is 0.200. The van der Waals surface area contributed by atoms with Crippen LogP contribution in [0.2, 0.25) is 0 Å². The average molecular weight is 139 g/mol. The molecule has 1 heterocycles. The number of azide groups is 1. The van der Waals surface area contributed by atoms with Crippen LogP contribution in [0.25, 0.3) is 10.4 Å². The van der Waals surface area contributed by atoms with E-state index in [1.54, 1.807) is 6.92 Å². The smallest absolute Gasteiger partial charge is 0.113 e. The molecule has 0 aromatic carbocycles. The number of nitrogens with zero attached hydrogens (tertiary/aromatic N) is 5. The van der Waals surface area contributed by atoms with E-state index in [1.807, 2.05) is 0 Å². The van der Waals surface area contributed by atoms with E-state index in [-0.39, 0.29) is 6.54 Å². The molecule has 0 fully saturated rings. The minimum atomic E-state index is 0.200. The Morgan fingerprint density at radius 3 is 3.00 bits per heavy atom. The highest BCUT2D eigenvalue weighted by Gasteiger charge is 2.01. The van der Waals surface area contributed by atoms with Crippen LogP contribution in [0.15, 0.2) is 9.74 Å². The van der Waals surface area contributed by atoms with Gasteiger partial charge in [-0.05, 0) is 12.5 Å². The Morgan fingerprint density at radius 1 is 1.70 bits per heavy atom. The van der Waals surface area contributed by atoms with Crippen LogP contribution in [0, 0.1) is 6.92 Å². The molecule has 1 aromatic rings. The first-order chi connectivity index (χ1) is 4.84. The Labute approximate surface area is 56.4 Å². The van der Waals surface area contributed by atoms with Crippen molar-refractivity contribution in [3.8, 4) is 0 Å². The van der Waals surface area contributed by atoms with Crippen LogP contribution < -0.4 is 0 Å². The quantitative estimate of drug-likeness (QED) is 0.350. The Balaban J connectivity index is 2.74. The van der Waals surface area contributed by atoms with E-state index in [4.69, 9.17) is 5.53 Å². The maximum absolute atomic E-state index is 7.94. The lowest BCUT2D eigenvalue weighted by atomic mass is 10.3. The SMILES string of the molecule is Cc1nonc1CN=[N+]=[N-]. The van der Waals surface area contributed by atoms with Gasteiger partial charge in [-0.25, -0.2) is 4.63 Å². The van der Waals surface area contributed by atoms with Crippen molar-refractivity contribution in [2.45, 2.75) is 13.5 Å². The van der Waals surface area contributed by atoms with Crippen molar-refractivity contribution in [1.29, 1.82) is 0 Å². The van der Waals surface area contributed by atoms with E-state index >= 15 is 0 Å². The zero-order valence-corrected chi connectivity index (χ0v) is 5.35. The first-order valence-corrected chi connectivity index (χ1v) is 2.63. The Hall–Kier alpha value is -1.55. The highest BCUT2D eigenvalue weighted by Crippen LogP contribution is 2.01. The molecule has 0 aliphatic heterocycles. The monoisotopic (exact) mass is 139 g/mol. The van der Waals surface area contributed by atoms with Gasteiger partial charge >= 0.3 is 0 Å². The van der Waals surface area contributed by atoms with E-state index in [0.717, 1.165) is 0 Å². The molecular formula is C4H5N5O. The summed E-state index contributed by atoms with van der Waals surface area (Å²) < 4.78 is 4.36. The van der Waals surface area contributed by atoms with Gasteiger partial charge < -0.3 is 0 Å².